The summed E-state index contributed by atoms with van der Waals surface area (Å²) < 4.78 is 50.5. The van der Waals surface area contributed by atoms with E-state index in [0.29, 0.717) is 0 Å². The molecule has 0 aromatic heterocycles. The molecular weight excluding hydrogens is 852 g/mol. The largest absolute Gasteiger partial charge is 0.394 e. The van der Waals surface area contributed by atoms with Crippen LogP contribution in [0.25, 0.3) is 0 Å². The Kier molecular flexibility index (Phi) is 18.1. The first-order valence-electron chi connectivity index (χ1n) is 19.6. The van der Waals surface area contributed by atoms with Gasteiger partial charge in [0.2, 0.25) is 11.8 Å². The number of aliphatic hydroxyl groups excluding tert-OH is 15. The van der Waals surface area contributed by atoms with Crippen LogP contribution in [0.4, 0.5) is 0 Å². The van der Waals surface area contributed by atoms with Crippen LogP contribution in [0.2, 0.25) is 0 Å². The van der Waals surface area contributed by atoms with Gasteiger partial charge in [-0.15, -0.1) is 0 Å². The number of carbonyl (C=O) groups is 2. The fraction of sp³-hybridized carbons (Fsp3) is 0.941. The summed E-state index contributed by atoms with van der Waals surface area (Å²) in [6.07, 6.45) is -41.2. The molecule has 62 heavy (non-hydrogen) atoms. The molecule has 0 radical (unpaired) electrons. The Balaban J connectivity index is 1.30. The van der Waals surface area contributed by atoms with E-state index in [-0.39, 0.29) is 0 Å². The third kappa shape index (κ3) is 11.0. The van der Waals surface area contributed by atoms with Gasteiger partial charge in [-0.1, -0.05) is 0 Å². The van der Waals surface area contributed by atoms with Gasteiger partial charge in [0.25, 0.3) is 0 Å². The van der Waals surface area contributed by atoms with E-state index in [2.05, 4.69) is 10.6 Å². The summed E-state index contributed by atoms with van der Waals surface area (Å²) in [5.41, 5.74) is 0. The minimum absolute atomic E-state index is 0.744. The highest BCUT2D eigenvalue weighted by molar-refractivity contribution is 5.73. The maximum atomic E-state index is 12.3. The van der Waals surface area contributed by atoms with Gasteiger partial charge in [0, 0.05) is 13.8 Å². The van der Waals surface area contributed by atoms with E-state index >= 15 is 0 Å². The molecule has 25 atom stereocenters. The molecule has 0 aliphatic carbocycles. The van der Waals surface area contributed by atoms with E-state index in [1.165, 1.54) is 0 Å². The van der Waals surface area contributed by atoms with Crippen molar-refractivity contribution in [1.82, 2.24) is 10.6 Å². The minimum Gasteiger partial charge on any atom is -0.394 e. The van der Waals surface area contributed by atoms with Crippen LogP contribution in [-0.4, -0.2) is 275 Å². The second kappa shape index (κ2) is 22.0. The van der Waals surface area contributed by atoms with Gasteiger partial charge in [-0.25, -0.2) is 0 Å². The molecule has 0 aromatic carbocycles. The molecule has 5 aliphatic rings. The van der Waals surface area contributed by atoms with Gasteiger partial charge in [0.15, 0.2) is 31.5 Å². The van der Waals surface area contributed by atoms with Crippen LogP contribution in [-0.2, 0) is 52.2 Å². The Hall–Kier alpha value is -2.02. The number of rotatable bonds is 15. The average Bonchev–Trinajstić information content (AvgIpc) is 3.23. The SMILES string of the molecule is CC(=O)N[C@H]1[C@H](OC[C@H]2OC(O)[C@H](O)[C@@H](O[C@@H]3O[C@H](CO)[C@@H](O[C@@H]4O[C@H](CO)[C@H](O)[C@H](O)[C@H]4O)[C@H](O)[C@H]3NC(C)=O)[C@@H]2O)O[C@H](CO)[C@@H](O[C@@H]2O[C@H](CO)[C@H](O)[C@H](O)[C@H]2O)[C@@H]1O. The third-order valence-corrected chi connectivity index (χ3v) is 11.1. The number of nitrogens with one attached hydrogen (secondary N) is 2. The Morgan fingerprint density at radius 3 is 1.23 bits per heavy atom. The topological polar surface area (TPSA) is 445 Å². The van der Waals surface area contributed by atoms with Crippen molar-refractivity contribution in [2.45, 2.75) is 167 Å². The predicted molar refractivity (Wildman–Crippen MR) is 190 cm³/mol. The number of hydrogen-bond acceptors (Lipinski definition) is 26. The molecule has 5 saturated heterocycles. The van der Waals surface area contributed by atoms with E-state index in [1.54, 1.807) is 0 Å². The smallest absolute Gasteiger partial charge is 0.217 e. The molecule has 0 bridgehead atoms. The van der Waals surface area contributed by atoms with Crippen molar-refractivity contribution in [1.29, 1.82) is 0 Å². The number of carbonyl (C=O) groups excluding carboxylic acids is 2. The van der Waals surface area contributed by atoms with E-state index < -0.39 is 198 Å². The van der Waals surface area contributed by atoms with Crippen molar-refractivity contribution in [3.63, 3.8) is 0 Å². The van der Waals surface area contributed by atoms with Crippen LogP contribution >= 0.6 is 0 Å². The van der Waals surface area contributed by atoms with Crippen LogP contribution in [0, 0.1) is 0 Å². The monoisotopic (exact) mass is 910 g/mol. The molecule has 0 aromatic rings. The summed E-state index contributed by atoms with van der Waals surface area (Å²) in [6.45, 7) is -2.17. The van der Waals surface area contributed by atoms with E-state index in [4.69, 9.17) is 42.6 Å². The number of amides is 2. The molecule has 28 heteroatoms. The van der Waals surface area contributed by atoms with Gasteiger partial charge in [0.05, 0.1) is 33.0 Å². The zero-order chi connectivity index (χ0) is 45.9. The lowest BCUT2D eigenvalue weighted by Gasteiger charge is -2.49. The number of hydrogen-bond donors (Lipinski definition) is 17. The van der Waals surface area contributed by atoms with E-state index in [0.717, 1.165) is 13.8 Å². The second-order valence-corrected chi connectivity index (χ2v) is 15.5. The summed E-state index contributed by atoms with van der Waals surface area (Å²) >= 11 is 0. The molecule has 17 N–H and O–H groups in total. The van der Waals surface area contributed by atoms with E-state index in [9.17, 15) is 86.2 Å². The maximum Gasteiger partial charge on any atom is 0.217 e. The summed E-state index contributed by atoms with van der Waals surface area (Å²) in [6, 6.07) is -3.22. The summed E-state index contributed by atoms with van der Waals surface area (Å²) in [5.74, 6) is -1.53. The molecule has 0 spiro atoms. The van der Waals surface area contributed by atoms with Gasteiger partial charge in [-0.2, -0.15) is 0 Å². The van der Waals surface area contributed by atoms with Gasteiger partial charge < -0.3 is 130 Å². The summed E-state index contributed by atoms with van der Waals surface area (Å²) in [5, 5.41) is 162. The third-order valence-electron chi connectivity index (χ3n) is 11.1. The normalized spacial score (nSPS) is 49.0. The second-order valence-electron chi connectivity index (χ2n) is 15.5. The van der Waals surface area contributed by atoms with Gasteiger partial charge >= 0.3 is 0 Å². The molecule has 5 rings (SSSR count). The highest BCUT2D eigenvalue weighted by Gasteiger charge is 2.56. The molecule has 2 amide bonds. The Bertz CT molecular complexity index is 1440. The Labute approximate surface area is 351 Å². The molecule has 5 fully saturated rings. The standard InChI is InChI=1S/C34H58N2O26/c1-8(41)35-15-20(46)27(60-33-24(50)22(48)17(43)10(3-37)56-33)12(5-39)58-31(15)54-7-14-19(45)29(26(52)30(53)55-14)62-32-16(36-9(2)42)21(47)28(13(6-40)59-32)61-34-25(51)23(49)18(44)11(4-38)57-34/h10-34,37-40,43-53H,3-7H2,1-2H3,(H,35,41)(H,36,42)/t10-,11-,12-,13-,14-,15-,16-,17+,18+,19-,20-,21-,22+,23+,24-,25-,26-,27-,28-,29+,30?,31-,32+,33+,34+/m1/s1. The molecule has 1 unspecified atom stereocenters. The Morgan fingerprint density at radius 2 is 0.806 bits per heavy atom. The van der Waals surface area contributed by atoms with Crippen molar-refractivity contribution in [2.75, 3.05) is 33.0 Å². The summed E-state index contributed by atoms with van der Waals surface area (Å²) in [4.78, 5) is 24.5. The minimum atomic E-state index is -2.13. The maximum absolute atomic E-state index is 12.3. The highest BCUT2D eigenvalue weighted by Crippen LogP contribution is 2.34. The lowest BCUT2D eigenvalue weighted by atomic mass is 9.94. The zero-order valence-corrected chi connectivity index (χ0v) is 33.2. The quantitative estimate of drug-likeness (QED) is 0.0725. The molecule has 360 valence electrons. The fourth-order valence-electron chi connectivity index (χ4n) is 7.73. The van der Waals surface area contributed by atoms with Gasteiger partial charge in [-0.05, 0) is 0 Å². The molecule has 5 aliphatic heterocycles. The van der Waals surface area contributed by atoms with E-state index in [1.807, 2.05) is 0 Å². The lowest BCUT2D eigenvalue weighted by Crippen LogP contribution is -2.69. The van der Waals surface area contributed by atoms with Crippen molar-refractivity contribution >= 4 is 11.8 Å². The molecule has 5 heterocycles. The fourth-order valence-corrected chi connectivity index (χ4v) is 7.73. The van der Waals surface area contributed by atoms with Crippen LogP contribution in [0.1, 0.15) is 13.8 Å². The lowest BCUT2D eigenvalue weighted by molar-refractivity contribution is -0.369. The number of ether oxygens (including phenoxy) is 9. The summed E-state index contributed by atoms with van der Waals surface area (Å²) in [7, 11) is 0. The first-order valence-corrected chi connectivity index (χ1v) is 19.6. The van der Waals surface area contributed by atoms with Gasteiger partial charge in [0.1, 0.15) is 122 Å². The first kappa shape index (κ1) is 51.0. The van der Waals surface area contributed by atoms with Crippen LogP contribution in [0.5, 0.6) is 0 Å². The van der Waals surface area contributed by atoms with Crippen LogP contribution in [0.15, 0.2) is 0 Å². The van der Waals surface area contributed by atoms with Crippen molar-refractivity contribution in [3.8, 4) is 0 Å². The molecular formula is C34H58N2O26. The van der Waals surface area contributed by atoms with Crippen LogP contribution in [0.3, 0.4) is 0 Å². The van der Waals surface area contributed by atoms with Crippen molar-refractivity contribution in [2.24, 2.45) is 0 Å². The van der Waals surface area contributed by atoms with Gasteiger partial charge in [-0.3, -0.25) is 9.59 Å². The predicted octanol–water partition coefficient (Wildman–Crippen LogP) is -11.6. The first-order chi connectivity index (χ1) is 29.3. The highest BCUT2D eigenvalue weighted by atomic mass is 16.8. The van der Waals surface area contributed by atoms with Crippen molar-refractivity contribution in [3.05, 3.63) is 0 Å². The average molecular weight is 911 g/mol. The number of aliphatic hydroxyl groups is 15. The zero-order valence-electron chi connectivity index (χ0n) is 33.2. The molecule has 28 nitrogen and oxygen atoms in total. The van der Waals surface area contributed by atoms with Crippen molar-refractivity contribution < 1.29 is 129 Å². The van der Waals surface area contributed by atoms with Crippen LogP contribution < -0.4 is 10.6 Å². The Morgan fingerprint density at radius 1 is 0.419 bits per heavy atom. The molecule has 0 saturated carbocycles.